The van der Waals surface area contributed by atoms with Gasteiger partial charge in [-0.05, 0) is 35.0 Å². The smallest absolute Gasteiger partial charge is 0.254 e. The molecule has 1 fully saturated rings. The number of piperidine rings is 1. The molecule has 0 N–H and O–H groups in total. The van der Waals surface area contributed by atoms with Crippen molar-refractivity contribution in [2.75, 3.05) is 0 Å². The van der Waals surface area contributed by atoms with Crippen molar-refractivity contribution in [3.8, 4) is 0 Å². The predicted octanol–water partition coefficient (Wildman–Crippen LogP) is -0.939. The molecular formula is C14H12B4ClN7O2S. The second-order valence-corrected chi connectivity index (χ2v) is 9.37. The monoisotopic (exact) mass is 421 g/mol. The summed E-state index contributed by atoms with van der Waals surface area (Å²) in [5.41, 5.74) is 1.18. The van der Waals surface area contributed by atoms with E-state index in [2.05, 4.69) is 20.4 Å². The Bertz CT molecular complexity index is 1180. The van der Waals surface area contributed by atoms with Crippen LogP contribution in [0, 0.1) is 0 Å². The van der Waals surface area contributed by atoms with E-state index in [-0.39, 0.29) is 17.9 Å². The first-order chi connectivity index (χ1) is 13.4. The molecule has 0 spiro atoms. The van der Waals surface area contributed by atoms with Gasteiger partial charge in [0.1, 0.15) is 6.33 Å². The zero-order valence-corrected chi connectivity index (χ0v) is 16.9. The molecule has 0 saturated carbocycles. The van der Waals surface area contributed by atoms with E-state index in [0.29, 0.717) is 20.5 Å². The Balaban J connectivity index is 1.76. The molecule has 0 aromatic carbocycles. The number of nitrogens with zero attached hydrogens (tertiary/aromatic N) is 7. The van der Waals surface area contributed by atoms with E-state index >= 15 is 0 Å². The van der Waals surface area contributed by atoms with E-state index in [4.69, 9.17) is 43.0 Å². The summed E-state index contributed by atoms with van der Waals surface area (Å²) in [6, 6.07) is 1.63. The lowest BCUT2D eigenvalue weighted by Crippen LogP contribution is -2.68. The van der Waals surface area contributed by atoms with Crippen molar-refractivity contribution in [3.05, 3.63) is 35.4 Å². The van der Waals surface area contributed by atoms with Gasteiger partial charge in [0.25, 0.3) is 10.0 Å². The van der Waals surface area contributed by atoms with Crippen LogP contribution in [0.15, 0.2) is 29.8 Å². The van der Waals surface area contributed by atoms with Crippen molar-refractivity contribution >= 4 is 58.7 Å². The quantitative estimate of drug-likeness (QED) is 0.507. The van der Waals surface area contributed by atoms with Gasteiger partial charge in [-0.15, -0.1) is 5.10 Å². The van der Waals surface area contributed by atoms with Gasteiger partial charge >= 0.3 is 0 Å². The lowest BCUT2D eigenvalue weighted by molar-refractivity contribution is 0.207. The van der Waals surface area contributed by atoms with Crippen LogP contribution in [0.2, 0.25) is 5.02 Å². The zero-order chi connectivity index (χ0) is 21.2. The molecule has 0 amide bonds. The fraction of sp³-hybridized carbons (Fsp3) is 0.429. The van der Waals surface area contributed by atoms with Crippen molar-refractivity contribution in [1.29, 1.82) is 0 Å². The first kappa shape index (κ1) is 20.5. The molecule has 1 saturated heterocycles. The molecule has 29 heavy (non-hydrogen) atoms. The van der Waals surface area contributed by atoms with Gasteiger partial charge in [-0.1, -0.05) is 16.8 Å². The van der Waals surface area contributed by atoms with Crippen LogP contribution in [-0.4, -0.2) is 84.4 Å². The highest BCUT2D eigenvalue weighted by Crippen LogP contribution is 2.45. The van der Waals surface area contributed by atoms with Crippen LogP contribution in [0.1, 0.15) is 24.3 Å². The molecule has 1 aliphatic rings. The Labute approximate surface area is 177 Å². The summed E-state index contributed by atoms with van der Waals surface area (Å²) in [5.74, 6) is -0.436. The fourth-order valence-electron chi connectivity index (χ4n) is 3.77. The van der Waals surface area contributed by atoms with Crippen LogP contribution >= 0.6 is 11.6 Å². The van der Waals surface area contributed by atoms with E-state index in [1.807, 2.05) is 0 Å². The minimum Gasteiger partial charge on any atom is -0.254 e. The summed E-state index contributed by atoms with van der Waals surface area (Å²) >= 11 is 6.41. The number of rotatable bonds is 3. The number of hydrogen-bond donors (Lipinski definition) is 0. The van der Waals surface area contributed by atoms with Crippen molar-refractivity contribution in [2.45, 2.75) is 34.5 Å². The lowest BCUT2D eigenvalue weighted by atomic mass is 9.46. The predicted molar refractivity (Wildman–Crippen MR) is 108 cm³/mol. The van der Waals surface area contributed by atoms with Gasteiger partial charge in [-0.3, -0.25) is 4.68 Å². The van der Waals surface area contributed by atoms with Crippen molar-refractivity contribution < 1.29 is 8.42 Å². The van der Waals surface area contributed by atoms with E-state index < -0.39 is 26.6 Å². The second-order valence-electron chi connectivity index (χ2n) is 7.23. The highest BCUT2D eigenvalue weighted by Gasteiger charge is 2.51. The third-order valence-electron chi connectivity index (χ3n) is 4.82. The van der Waals surface area contributed by atoms with Crippen molar-refractivity contribution in [2.24, 2.45) is 7.05 Å². The van der Waals surface area contributed by atoms with Crippen LogP contribution in [0.3, 0.4) is 0 Å². The molecule has 4 heterocycles. The van der Waals surface area contributed by atoms with Crippen LogP contribution in [0.25, 0.3) is 5.65 Å². The third kappa shape index (κ3) is 3.40. The standard InChI is InChI=1S/C14H12B4ClN7O2S/c1-24-6-12(22-23-24)29(27,28)26-13(15,16)3-8(4-14(26,17)18)9-5-25-11(2-10(9)19)20-7-21-25/h2,5-8H,3-4H2,1H3. The molecule has 3 aromatic heterocycles. The highest BCUT2D eigenvalue weighted by molar-refractivity contribution is 7.89. The number of halogens is 1. The van der Waals surface area contributed by atoms with E-state index in [9.17, 15) is 8.42 Å². The molecule has 4 rings (SSSR count). The maximum atomic E-state index is 13.1. The molecule has 15 heteroatoms. The molecule has 0 unspecified atom stereocenters. The van der Waals surface area contributed by atoms with Gasteiger partial charge < -0.3 is 0 Å². The van der Waals surface area contributed by atoms with Crippen LogP contribution in [-0.2, 0) is 17.1 Å². The summed E-state index contributed by atoms with van der Waals surface area (Å²) in [5, 5.41) is 7.56. The molecular weight excluding hydrogens is 409 g/mol. The molecule has 9 nitrogen and oxygen atoms in total. The van der Waals surface area contributed by atoms with Gasteiger partial charge in [-0.2, -0.15) is 5.10 Å². The SMILES string of the molecule is [B]C1([B])CC(c2cn3ncnc3cc2Cl)CC([B])([B])N1S(=O)(=O)c1cn(C)nn1. The Hall–Kier alpha value is -1.78. The molecule has 0 bridgehead atoms. The average Bonchev–Trinajstić information content (AvgIpc) is 3.19. The maximum absolute atomic E-state index is 13.1. The maximum Gasteiger partial charge on any atom is 0.262 e. The van der Waals surface area contributed by atoms with Gasteiger partial charge in [0.2, 0.25) is 5.03 Å². The minimum absolute atomic E-state index is 0.00255. The topological polar surface area (TPSA) is 98.3 Å². The number of fused-ring (bicyclic) bond motifs is 1. The number of hydrogen-bond acceptors (Lipinski definition) is 6. The first-order valence-corrected chi connectivity index (χ1v) is 10.3. The van der Waals surface area contributed by atoms with E-state index in [1.165, 1.54) is 28.8 Å². The summed E-state index contributed by atoms with van der Waals surface area (Å²) in [6.07, 6.45) is 4.28. The molecule has 8 radical (unpaired) electrons. The van der Waals surface area contributed by atoms with Crippen LogP contribution < -0.4 is 0 Å². The van der Waals surface area contributed by atoms with Crippen molar-refractivity contribution in [3.63, 3.8) is 0 Å². The van der Waals surface area contributed by atoms with Gasteiger partial charge in [0, 0.05) is 24.3 Å². The molecule has 0 aliphatic carbocycles. The number of pyridine rings is 1. The molecule has 1 aliphatic heterocycles. The third-order valence-corrected chi connectivity index (χ3v) is 7.03. The molecule has 3 aromatic rings. The van der Waals surface area contributed by atoms with Gasteiger partial charge in [0.15, 0.2) is 5.65 Å². The van der Waals surface area contributed by atoms with Crippen LogP contribution in [0.5, 0.6) is 0 Å². The molecule has 140 valence electrons. The highest BCUT2D eigenvalue weighted by atomic mass is 35.5. The summed E-state index contributed by atoms with van der Waals surface area (Å²) in [4.78, 5) is 4.07. The fourth-order valence-corrected chi connectivity index (χ4v) is 5.73. The normalized spacial score (nSPS) is 20.2. The summed E-state index contributed by atoms with van der Waals surface area (Å²) in [7, 11) is 22.1. The minimum atomic E-state index is -4.32. The van der Waals surface area contributed by atoms with Gasteiger partial charge in [0.05, 0.1) is 37.6 Å². The average molecular weight is 421 g/mol. The van der Waals surface area contributed by atoms with Gasteiger partial charge in [-0.25, -0.2) is 22.2 Å². The largest absolute Gasteiger partial charge is 0.262 e. The summed E-state index contributed by atoms with van der Waals surface area (Å²) < 4.78 is 29.7. The number of aryl methyl sites for hydroxylation is 1. The zero-order valence-electron chi connectivity index (χ0n) is 15.3. The summed E-state index contributed by atoms with van der Waals surface area (Å²) in [6.45, 7) is 0. The second kappa shape index (κ2) is 6.61. The lowest BCUT2D eigenvalue weighted by Gasteiger charge is -2.55. The van der Waals surface area contributed by atoms with E-state index in [0.717, 1.165) is 0 Å². The Kier molecular flexibility index (Phi) is 4.67. The Morgan fingerprint density at radius 1 is 1.17 bits per heavy atom. The first-order valence-electron chi connectivity index (χ1n) is 8.48. The Morgan fingerprint density at radius 3 is 2.41 bits per heavy atom. The van der Waals surface area contributed by atoms with Crippen LogP contribution in [0.4, 0.5) is 0 Å². The Morgan fingerprint density at radius 2 is 1.83 bits per heavy atom. The number of sulfonamides is 1. The van der Waals surface area contributed by atoms with Crippen molar-refractivity contribution in [1.82, 2.24) is 33.9 Å². The molecule has 0 atom stereocenters. The number of aromatic nitrogens is 6. The van der Waals surface area contributed by atoms with E-state index in [1.54, 1.807) is 12.3 Å².